The number of hydrogen-bond donors (Lipinski definition) is 2. The Morgan fingerprint density at radius 2 is 2.09 bits per heavy atom. The van der Waals surface area contributed by atoms with Crippen LogP contribution in [0.4, 0.5) is 0 Å². The van der Waals surface area contributed by atoms with E-state index in [2.05, 4.69) is 21.7 Å². The van der Waals surface area contributed by atoms with Gasteiger partial charge in [-0.25, -0.2) is 0 Å². The van der Waals surface area contributed by atoms with E-state index in [-0.39, 0.29) is 0 Å². The summed E-state index contributed by atoms with van der Waals surface area (Å²) >= 11 is 0. The minimum atomic E-state index is 0.699. The van der Waals surface area contributed by atoms with E-state index in [1.54, 1.807) is 14.2 Å². The lowest BCUT2D eigenvalue weighted by atomic mass is 10.2. The number of para-hydroxylation sites is 1. The topological polar surface area (TPSA) is 54.9 Å². The van der Waals surface area contributed by atoms with E-state index in [1.165, 1.54) is 12.8 Å². The van der Waals surface area contributed by atoms with Crippen molar-refractivity contribution in [3.63, 3.8) is 0 Å². The molecule has 0 aliphatic heterocycles. The highest BCUT2D eigenvalue weighted by molar-refractivity contribution is 5.79. The Hall–Kier alpha value is -1.75. The first-order valence-electron chi connectivity index (χ1n) is 7.97. The number of guanidine groups is 1. The SMILES string of the molecule is CN=C(NCCCOC)NCc1ccccc1OCC1CC1. The number of methoxy groups -OCH3 is 1. The fourth-order valence-corrected chi connectivity index (χ4v) is 2.11. The van der Waals surface area contributed by atoms with Gasteiger partial charge in [-0.2, -0.15) is 0 Å². The summed E-state index contributed by atoms with van der Waals surface area (Å²) in [5, 5.41) is 6.60. The predicted octanol–water partition coefficient (Wildman–Crippen LogP) is 2.18. The van der Waals surface area contributed by atoms with Gasteiger partial charge in [-0.05, 0) is 31.2 Å². The summed E-state index contributed by atoms with van der Waals surface area (Å²) in [6.45, 7) is 3.13. The van der Waals surface area contributed by atoms with Gasteiger partial charge in [0.25, 0.3) is 0 Å². The average molecular weight is 305 g/mol. The molecular weight excluding hydrogens is 278 g/mol. The molecule has 1 aromatic rings. The molecule has 2 N–H and O–H groups in total. The van der Waals surface area contributed by atoms with Crippen molar-refractivity contribution in [3.8, 4) is 5.75 Å². The van der Waals surface area contributed by atoms with Crippen LogP contribution in [-0.4, -0.2) is 39.9 Å². The van der Waals surface area contributed by atoms with Gasteiger partial charge in [0, 0.05) is 39.4 Å². The molecule has 0 bridgehead atoms. The second-order valence-corrected chi connectivity index (χ2v) is 5.56. The van der Waals surface area contributed by atoms with Gasteiger partial charge in [0.1, 0.15) is 5.75 Å². The largest absolute Gasteiger partial charge is 0.493 e. The van der Waals surface area contributed by atoms with Gasteiger partial charge in [-0.3, -0.25) is 4.99 Å². The molecule has 1 saturated carbocycles. The van der Waals surface area contributed by atoms with E-state index >= 15 is 0 Å². The Labute approximate surface area is 133 Å². The number of aliphatic imine (C=N–C) groups is 1. The van der Waals surface area contributed by atoms with Crippen molar-refractivity contribution in [2.24, 2.45) is 10.9 Å². The Balaban J connectivity index is 1.78. The van der Waals surface area contributed by atoms with Gasteiger partial charge in [0.15, 0.2) is 5.96 Å². The molecule has 0 radical (unpaired) electrons. The number of hydrogen-bond acceptors (Lipinski definition) is 3. The van der Waals surface area contributed by atoms with Crippen molar-refractivity contribution in [2.75, 3.05) is 33.9 Å². The summed E-state index contributed by atoms with van der Waals surface area (Å²) in [6.07, 6.45) is 3.56. The summed E-state index contributed by atoms with van der Waals surface area (Å²) in [6, 6.07) is 8.18. The first-order chi connectivity index (χ1) is 10.8. The van der Waals surface area contributed by atoms with Gasteiger partial charge in [-0.1, -0.05) is 18.2 Å². The van der Waals surface area contributed by atoms with Crippen molar-refractivity contribution >= 4 is 5.96 Å². The highest BCUT2D eigenvalue weighted by Gasteiger charge is 2.22. The Morgan fingerprint density at radius 1 is 1.27 bits per heavy atom. The van der Waals surface area contributed by atoms with Crippen LogP contribution in [0.2, 0.25) is 0 Å². The normalized spacial score (nSPS) is 14.7. The summed E-state index contributed by atoms with van der Waals surface area (Å²) in [7, 11) is 3.49. The van der Waals surface area contributed by atoms with E-state index in [4.69, 9.17) is 9.47 Å². The molecular formula is C17H27N3O2. The van der Waals surface area contributed by atoms with Crippen molar-refractivity contribution in [2.45, 2.75) is 25.8 Å². The van der Waals surface area contributed by atoms with E-state index in [0.29, 0.717) is 6.54 Å². The zero-order valence-corrected chi connectivity index (χ0v) is 13.6. The molecule has 5 nitrogen and oxygen atoms in total. The number of benzene rings is 1. The molecule has 5 heteroatoms. The molecule has 22 heavy (non-hydrogen) atoms. The molecule has 0 amide bonds. The van der Waals surface area contributed by atoms with Crippen LogP contribution >= 0.6 is 0 Å². The van der Waals surface area contributed by atoms with Crippen molar-refractivity contribution in [1.29, 1.82) is 0 Å². The minimum Gasteiger partial charge on any atom is -0.493 e. The van der Waals surface area contributed by atoms with Crippen LogP contribution in [0, 0.1) is 5.92 Å². The Bertz CT molecular complexity index is 473. The van der Waals surface area contributed by atoms with Gasteiger partial charge < -0.3 is 20.1 Å². The van der Waals surface area contributed by atoms with Crippen molar-refractivity contribution in [3.05, 3.63) is 29.8 Å². The van der Waals surface area contributed by atoms with Crippen molar-refractivity contribution < 1.29 is 9.47 Å². The molecule has 1 aliphatic carbocycles. The second-order valence-electron chi connectivity index (χ2n) is 5.56. The lowest BCUT2D eigenvalue weighted by molar-refractivity contribution is 0.195. The highest BCUT2D eigenvalue weighted by atomic mass is 16.5. The lowest BCUT2D eigenvalue weighted by Crippen LogP contribution is -2.37. The van der Waals surface area contributed by atoms with E-state index < -0.39 is 0 Å². The monoisotopic (exact) mass is 305 g/mol. The average Bonchev–Trinajstić information content (AvgIpc) is 3.37. The molecule has 0 spiro atoms. The maximum Gasteiger partial charge on any atom is 0.191 e. The van der Waals surface area contributed by atoms with Gasteiger partial charge in [0.2, 0.25) is 0 Å². The number of rotatable bonds is 9. The highest BCUT2D eigenvalue weighted by Crippen LogP contribution is 2.30. The van der Waals surface area contributed by atoms with Crippen molar-refractivity contribution in [1.82, 2.24) is 10.6 Å². The molecule has 0 heterocycles. The van der Waals surface area contributed by atoms with Gasteiger partial charge in [-0.15, -0.1) is 0 Å². The fourth-order valence-electron chi connectivity index (χ4n) is 2.11. The van der Waals surface area contributed by atoms with Gasteiger partial charge in [0.05, 0.1) is 6.61 Å². The van der Waals surface area contributed by atoms with Crippen LogP contribution in [0.15, 0.2) is 29.3 Å². The number of nitrogens with one attached hydrogen (secondary N) is 2. The first kappa shape index (κ1) is 16.6. The molecule has 1 aliphatic rings. The summed E-state index contributed by atoms with van der Waals surface area (Å²) in [5.74, 6) is 2.53. The van der Waals surface area contributed by atoms with Crippen LogP contribution in [0.1, 0.15) is 24.8 Å². The van der Waals surface area contributed by atoms with Crippen LogP contribution in [-0.2, 0) is 11.3 Å². The number of nitrogens with zero attached hydrogens (tertiary/aromatic N) is 1. The first-order valence-corrected chi connectivity index (χ1v) is 7.97. The fraction of sp³-hybridized carbons (Fsp3) is 0.588. The molecule has 1 fully saturated rings. The zero-order chi connectivity index (χ0) is 15.6. The molecule has 0 atom stereocenters. The van der Waals surface area contributed by atoms with Crippen LogP contribution in [0.25, 0.3) is 0 Å². The molecule has 0 unspecified atom stereocenters. The summed E-state index contributed by atoms with van der Waals surface area (Å²) < 4.78 is 11.0. The van der Waals surface area contributed by atoms with Crippen LogP contribution < -0.4 is 15.4 Å². The summed E-state index contributed by atoms with van der Waals surface area (Å²) in [4.78, 5) is 4.23. The van der Waals surface area contributed by atoms with E-state index in [9.17, 15) is 0 Å². The quantitative estimate of drug-likeness (QED) is 0.417. The molecule has 1 aromatic carbocycles. The minimum absolute atomic E-state index is 0.699. The third-order valence-corrected chi connectivity index (χ3v) is 3.63. The lowest BCUT2D eigenvalue weighted by Gasteiger charge is -2.14. The Kier molecular flexibility index (Phi) is 7.03. The molecule has 0 saturated heterocycles. The third kappa shape index (κ3) is 5.93. The second kappa shape index (κ2) is 9.30. The summed E-state index contributed by atoms with van der Waals surface area (Å²) in [5.41, 5.74) is 1.16. The van der Waals surface area contributed by atoms with E-state index in [1.807, 2.05) is 18.2 Å². The third-order valence-electron chi connectivity index (χ3n) is 3.63. The van der Waals surface area contributed by atoms with Crippen LogP contribution in [0.3, 0.4) is 0 Å². The predicted molar refractivity (Wildman–Crippen MR) is 89.4 cm³/mol. The maximum atomic E-state index is 5.92. The molecule has 122 valence electrons. The van der Waals surface area contributed by atoms with E-state index in [0.717, 1.165) is 49.4 Å². The molecule has 0 aromatic heterocycles. The molecule has 2 rings (SSSR count). The Morgan fingerprint density at radius 3 is 2.82 bits per heavy atom. The maximum absolute atomic E-state index is 5.92. The zero-order valence-electron chi connectivity index (χ0n) is 13.6. The van der Waals surface area contributed by atoms with Crippen LogP contribution in [0.5, 0.6) is 5.75 Å². The smallest absolute Gasteiger partial charge is 0.191 e. The standard InChI is InChI=1S/C17H27N3O2/c1-18-17(19-10-5-11-21-2)20-12-15-6-3-4-7-16(15)22-13-14-8-9-14/h3-4,6-7,14H,5,8-13H2,1-2H3,(H2,18,19,20). The van der Waals surface area contributed by atoms with Gasteiger partial charge >= 0.3 is 0 Å². The number of ether oxygens (including phenoxy) is 2.